The number of rotatable bonds is 8. The van der Waals surface area contributed by atoms with Gasteiger partial charge >= 0.3 is 0 Å². The third-order valence-corrected chi connectivity index (χ3v) is 3.00. The lowest BCUT2D eigenvalue weighted by molar-refractivity contribution is 0.0166. The van der Waals surface area contributed by atoms with Crippen LogP contribution in [-0.4, -0.2) is 37.5 Å². The second-order valence-corrected chi connectivity index (χ2v) is 4.56. The number of ether oxygens (including phenoxy) is 2. The normalized spacial score (nSPS) is 19.2. The van der Waals surface area contributed by atoms with E-state index in [0.29, 0.717) is 6.10 Å². The molecule has 1 aliphatic rings. The molecule has 0 bridgehead atoms. The van der Waals surface area contributed by atoms with Gasteiger partial charge in [-0.05, 0) is 37.9 Å². The zero-order chi connectivity index (χ0) is 12.5. The van der Waals surface area contributed by atoms with Crippen molar-refractivity contribution in [2.45, 2.75) is 31.9 Å². The van der Waals surface area contributed by atoms with Gasteiger partial charge in [0, 0.05) is 26.0 Å². The molecule has 1 saturated heterocycles. The van der Waals surface area contributed by atoms with Crippen molar-refractivity contribution in [1.29, 1.82) is 0 Å². The first-order valence-electron chi connectivity index (χ1n) is 6.75. The van der Waals surface area contributed by atoms with E-state index in [1.54, 1.807) is 0 Å². The lowest BCUT2D eigenvalue weighted by Gasteiger charge is -2.10. The molecule has 100 valence electrons. The summed E-state index contributed by atoms with van der Waals surface area (Å²) >= 11 is 0. The van der Waals surface area contributed by atoms with E-state index in [4.69, 9.17) is 9.47 Å². The summed E-state index contributed by atoms with van der Waals surface area (Å²) in [6.07, 6.45) is 5.52. The topological polar surface area (TPSA) is 43.4 Å². The van der Waals surface area contributed by atoms with Gasteiger partial charge in [0.15, 0.2) is 0 Å². The van der Waals surface area contributed by atoms with E-state index in [0.717, 1.165) is 51.4 Å². The van der Waals surface area contributed by atoms with Crippen molar-refractivity contribution in [2.24, 2.45) is 0 Å². The molecule has 4 nitrogen and oxygen atoms in total. The van der Waals surface area contributed by atoms with Crippen molar-refractivity contribution >= 4 is 0 Å². The van der Waals surface area contributed by atoms with E-state index in [1.165, 1.54) is 6.42 Å². The van der Waals surface area contributed by atoms with Crippen molar-refractivity contribution in [1.82, 2.24) is 10.3 Å². The van der Waals surface area contributed by atoms with Crippen LogP contribution in [0.25, 0.3) is 0 Å². The maximum Gasteiger partial charge on any atom is 0.0809 e. The van der Waals surface area contributed by atoms with E-state index >= 15 is 0 Å². The fraction of sp³-hybridized carbons (Fsp3) is 0.643. The summed E-state index contributed by atoms with van der Waals surface area (Å²) in [5, 5.41) is 3.36. The Balaban J connectivity index is 1.42. The van der Waals surface area contributed by atoms with Crippen molar-refractivity contribution in [2.75, 3.05) is 26.4 Å². The van der Waals surface area contributed by atoms with Gasteiger partial charge in [-0.1, -0.05) is 6.07 Å². The Kier molecular flexibility index (Phi) is 6.12. The molecule has 1 atom stereocenters. The highest BCUT2D eigenvalue weighted by Crippen LogP contribution is 2.11. The molecule has 4 heteroatoms. The zero-order valence-electron chi connectivity index (χ0n) is 10.8. The third-order valence-electron chi connectivity index (χ3n) is 3.00. The quantitative estimate of drug-likeness (QED) is 0.714. The molecule has 1 aromatic rings. The second kappa shape index (κ2) is 8.19. The Bertz CT molecular complexity index is 313. The molecule has 0 spiro atoms. The molecule has 1 N–H and O–H groups in total. The van der Waals surface area contributed by atoms with Crippen LogP contribution in [0.2, 0.25) is 0 Å². The number of nitrogens with zero attached hydrogens (tertiary/aromatic N) is 1. The molecule has 0 saturated carbocycles. The van der Waals surface area contributed by atoms with Crippen molar-refractivity contribution in [3.8, 4) is 0 Å². The van der Waals surface area contributed by atoms with E-state index < -0.39 is 0 Å². The van der Waals surface area contributed by atoms with Crippen molar-refractivity contribution in [3.63, 3.8) is 0 Å². The fourth-order valence-corrected chi connectivity index (χ4v) is 2.01. The molecule has 1 aromatic heterocycles. The van der Waals surface area contributed by atoms with Gasteiger partial charge < -0.3 is 14.8 Å². The molecule has 1 fully saturated rings. The summed E-state index contributed by atoms with van der Waals surface area (Å²) in [5.74, 6) is 0. The highest BCUT2D eigenvalue weighted by Gasteiger charge is 2.14. The highest BCUT2D eigenvalue weighted by atomic mass is 16.5. The van der Waals surface area contributed by atoms with Gasteiger partial charge in [-0.25, -0.2) is 0 Å². The first-order valence-corrected chi connectivity index (χ1v) is 6.75. The average molecular weight is 250 g/mol. The average Bonchev–Trinajstić information content (AvgIpc) is 2.92. The van der Waals surface area contributed by atoms with Crippen LogP contribution < -0.4 is 5.32 Å². The van der Waals surface area contributed by atoms with Gasteiger partial charge in [0.1, 0.15) is 0 Å². The summed E-state index contributed by atoms with van der Waals surface area (Å²) < 4.78 is 11.1. The number of pyridine rings is 1. The fourth-order valence-electron chi connectivity index (χ4n) is 2.01. The zero-order valence-corrected chi connectivity index (χ0v) is 10.8. The molecule has 0 radical (unpaired) electrons. The summed E-state index contributed by atoms with van der Waals surface area (Å²) in [6.45, 7) is 4.24. The van der Waals surface area contributed by atoms with Crippen LogP contribution in [0.15, 0.2) is 24.4 Å². The lowest BCUT2D eigenvalue weighted by Crippen LogP contribution is -2.19. The summed E-state index contributed by atoms with van der Waals surface area (Å²) in [7, 11) is 0. The van der Waals surface area contributed by atoms with Crippen LogP contribution in [0.3, 0.4) is 0 Å². The minimum atomic E-state index is 0.339. The van der Waals surface area contributed by atoms with Crippen LogP contribution in [0.1, 0.15) is 25.0 Å². The molecule has 0 aromatic carbocycles. The van der Waals surface area contributed by atoms with E-state index in [2.05, 4.69) is 10.3 Å². The number of hydrogen-bond donors (Lipinski definition) is 1. The maximum absolute atomic E-state index is 5.59. The number of aromatic nitrogens is 1. The van der Waals surface area contributed by atoms with Gasteiger partial charge in [-0.15, -0.1) is 0 Å². The Morgan fingerprint density at radius 1 is 1.44 bits per heavy atom. The molecule has 0 aliphatic carbocycles. The van der Waals surface area contributed by atoms with Crippen molar-refractivity contribution in [3.05, 3.63) is 30.1 Å². The van der Waals surface area contributed by atoms with Gasteiger partial charge in [0.2, 0.25) is 0 Å². The first kappa shape index (κ1) is 13.5. The van der Waals surface area contributed by atoms with Gasteiger partial charge in [-0.3, -0.25) is 4.98 Å². The van der Waals surface area contributed by atoms with E-state index in [9.17, 15) is 0 Å². The molecular formula is C14H22N2O2. The monoisotopic (exact) mass is 250 g/mol. The van der Waals surface area contributed by atoms with E-state index in [-0.39, 0.29) is 0 Å². The van der Waals surface area contributed by atoms with E-state index in [1.807, 2.05) is 24.4 Å². The Labute approximate surface area is 109 Å². The number of nitrogens with one attached hydrogen (secondary N) is 1. The largest absolute Gasteiger partial charge is 0.379 e. The van der Waals surface area contributed by atoms with Crippen LogP contribution in [0.4, 0.5) is 0 Å². The predicted molar refractivity (Wildman–Crippen MR) is 70.4 cm³/mol. The van der Waals surface area contributed by atoms with Gasteiger partial charge in [0.05, 0.1) is 18.4 Å². The van der Waals surface area contributed by atoms with Crippen LogP contribution in [-0.2, 0) is 16.0 Å². The van der Waals surface area contributed by atoms with Crippen LogP contribution in [0, 0.1) is 0 Å². The molecular weight excluding hydrogens is 228 g/mol. The Morgan fingerprint density at radius 2 is 2.44 bits per heavy atom. The third kappa shape index (κ3) is 5.12. The maximum atomic E-state index is 5.59. The van der Waals surface area contributed by atoms with Gasteiger partial charge in [0.25, 0.3) is 0 Å². The van der Waals surface area contributed by atoms with Crippen LogP contribution >= 0.6 is 0 Å². The SMILES string of the molecule is c1ccc(CNCCCOCC2CCCO2)nc1. The standard InChI is InChI=1S/C14H22N2O2/c1-2-8-16-13(5-1)11-15-7-4-9-17-12-14-6-3-10-18-14/h1-2,5,8,14-15H,3-4,6-7,9-12H2. The molecule has 2 rings (SSSR count). The predicted octanol–water partition coefficient (Wildman–Crippen LogP) is 1.76. The summed E-state index contributed by atoms with van der Waals surface area (Å²) in [6, 6.07) is 5.97. The second-order valence-electron chi connectivity index (χ2n) is 4.56. The highest BCUT2D eigenvalue weighted by molar-refractivity contribution is 5.02. The van der Waals surface area contributed by atoms with Gasteiger partial charge in [-0.2, -0.15) is 0 Å². The van der Waals surface area contributed by atoms with Crippen molar-refractivity contribution < 1.29 is 9.47 Å². The number of hydrogen-bond acceptors (Lipinski definition) is 4. The summed E-state index contributed by atoms with van der Waals surface area (Å²) in [5.41, 5.74) is 1.08. The molecule has 1 unspecified atom stereocenters. The minimum Gasteiger partial charge on any atom is -0.379 e. The molecule has 2 heterocycles. The Morgan fingerprint density at radius 3 is 3.22 bits per heavy atom. The van der Waals surface area contributed by atoms with Crippen LogP contribution in [0.5, 0.6) is 0 Å². The molecule has 0 amide bonds. The lowest BCUT2D eigenvalue weighted by atomic mass is 10.2. The molecule has 1 aliphatic heterocycles. The molecule has 18 heavy (non-hydrogen) atoms. The Hall–Kier alpha value is -0.970. The minimum absolute atomic E-state index is 0.339. The summed E-state index contributed by atoms with van der Waals surface area (Å²) in [4.78, 5) is 4.25. The first-order chi connectivity index (χ1) is 8.95. The smallest absolute Gasteiger partial charge is 0.0809 e.